The molecule has 0 fully saturated rings. The summed E-state index contributed by atoms with van der Waals surface area (Å²) in [4.78, 5) is 12.7. The van der Waals surface area contributed by atoms with Crippen molar-refractivity contribution in [3.8, 4) is 5.75 Å². The number of nitrogens with zero attached hydrogens (tertiary/aromatic N) is 1. The largest absolute Gasteiger partial charge is 0.496 e. The summed E-state index contributed by atoms with van der Waals surface area (Å²) in [5.74, 6) is 0.0796. The van der Waals surface area contributed by atoms with Crippen molar-refractivity contribution in [2.24, 2.45) is 0 Å². The maximum Gasteiger partial charge on any atom is 0.303 e. The first-order chi connectivity index (χ1) is 8.95. The normalized spacial score (nSPS) is 12.5. The zero-order chi connectivity index (χ0) is 14.4. The number of halogens is 1. The van der Waals surface area contributed by atoms with Gasteiger partial charge in [0.05, 0.1) is 7.11 Å². The first kappa shape index (κ1) is 16.0. The minimum Gasteiger partial charge on any atom is -0.496 e. The second-order valence-corrected chi connectivity index (χ2v) is 5.57. The fourth-order valence-corrected chi connectivity index (χ4v) is 2.48. The van der Waals surface area contributed by atoms with Crippen molar-refractivity contribution in [1.29, 1.82) is 0 Å². The third kappa shape index (κ3) is 4.84. The SMILES string of the molecule is COc1ccc(Br)cc1C(CCCC(=O)O)N(C)C. The highest BCUT2D eigenvalue weighted by atomic mass is 79.9. The van der Waals surface area contributed by atoms with E-state index >= 15 is 0 Å². The number of rotatable bonds is 7. The lowest BCUT2D eigenvalue weighted by Crippen LogP contribution is -2.21. The van der Waals surface area contributed by atoms with Crippen molar-refractivity contribution in [1.82, 2.24) is 4.90 Å². The fourth-order valence-electron chi connectivity index (χ4n) is 2.10. The maximum absolute atomic E-state index is 10.6. The molecule has 0 aliphatic heterocycles. The lowest BCUT2D eigenvalue weighted by atomic mass is 9.99. The van der Waals surface area contributed by atoms with Crippen LogP contribution in [0.15, 0.2) is 22.7 Å². The summed E-state index contributed by atoms with van der Waals surface area (Å²) >= 11 is 3.47. The first-order valence-corrected chi connectivity index (χ1v) is 6.96. The summed E-state index contributed by atoms with van der Waals surface area (Å²) in [7, 11) is 5.63. The van der Waals surface area contributed by atoms with Crippen molar-refractivity contribution in [2.45, 2.75) is 25.3 Å². The highest BCUT2D eigenvalue weighted by Gasteiger charge is 2.19. The second-order valence-electron chi connectivity index (χ2n) is 4.65. The standard InChI is InChI=1S/C14H20BrNO3/c1-16(2)12(5-4-6-14(17)18)11-9-10(15)7-8-13(11)19-3/h7-9,12H,4-6H2,1-3H3,(H,17,18). The minimum absolute atomic E-state index is 0.145. The summed E-state index contributed by atoms with van der Waals surface area (Å²) in [5, 5.41) is 8.73. The number of hydrogen-bond acceptors (Lipinski definition) is 3. The van der Waals surface area contributed by atoms with E-state index in [-0.39, 0.29) is 12.5 Å². The Balaban J connectivity index is 2.91. The molecule has 0 bridgehead atoms. The molecular formula is C14H20BrNO3. The van der Waals surface area contributed by atoms with Crippen LogP contribution in [0.5, 0.6) is 5.75 Å². The average Bonchev–Trinajstić information content (AvgIpc) is 2.34. The van der Waals surface area contributed by atoms with E-state index in [1.165, 1.54) is 0 Å². The van der Waals surface area contributed by atoms with E-state index in [1.807, 2.05) is 32.3 Å². The van der Waals surface area contributed by atoms with Gasteiger partial charge in [0, 0.05) is 22.5 Å². The third-order valence-electron chi connectivity index (χ3n) is 3.04. The molecule has 0 amide bonds. The number of carbonyl (C=O) groups is 1. The molecule has 1 aromatic carbocycles. The zero-order valence-corrected chi connectivity index (χ0v) is 13.1. The molecule has 0 spiro atoms. The van der Waals surface area contributed by atoms with Gasteiger partial charge in [0.25, 0.3) is 0 Å². The molecule has 106 valence electrons. The van der Waals surface area contributed by atoms with Gasteiger partial charge in [-0.3, -0.25) is 4.79 Å². The molecule has 1 N–H and O–H groups in total. The molecule has 0 aliphatic carbocycles. The molecule has 19 heavy (non-hydrogen) atoms. The number of benzene rings is 1. The van der Waals surface area contributed by atoms with Crippen LogP contribution in [-0.4, -0.2) is 37.2 Å². The van der Waals surface area contributed by atoms with Crippen LogP contribution >= 0.6 is 15.9 Å². The van der Waals surface area contributed by atoms with E-state index < -0.39 is 5.97 Å². The molecule has 1 unspecified atom stereocenters. The van der Waals surface area contributed by atoms with Gasteiger partial charge in [0.15, 0.2) is 0 Å². The zero-order valence-electron chi connectivity index (χ0n) is 11.5. The predicted octanol–water partition coefficient (Wildman–Crippen LogP) is 3.32. The number of methoxy groups -OCH3 is 1. The van der Waals surface area contributed by atoms with E-state index in [2.05, 4.69) is 20.8 Å². The van der Waals surface area contributed by atoms with Crippen LogP contribution in [-0.2, 0) is 4.79 Å². The van der Waals surface area contributed by atoms with Gasteiger partial charge in [0.1, 0.15) is 5.75 Å². The van der Waals surface area contributed by atoms with Crippen molar-refractivity contribution in [3.05, 3.63) is 28.2 Å². The first-order valence-electron chi connectivity index (χ1n) is 6.17. The minimum atomic E-state index is -0.751. The van der Waals surface area contributed by atoms with Gasteiger partial charge in [-0.1, -0.05) is 15.9 Å². The topological polar surface area (TPSA) is 49.8 Å². The maximum atomic E-state index is 10.6. The van der Waals surface area contributed by atoms with Crippen LogP contribution in [0.1, 0.15) is 30.9 Å². The van der Waals surface area contributed by atoms with Crippen LogP contribution in [0, 0.1) is 0 Å². The summed E-state index contributed by atoms with van der Waals surface area (Å²) in [6.45, 7) is 0. The van der Waals surface area contributed by atoms with Gasteiger partial charge in [-0.15, -0.1) is 0 Å². The number of carboxylic acid groups (broad SMARTS) is 1. The molecule has 0 saturated carbocycles. The molecule has 0 aromatic heterocycles. The number of hydrogen-bond donors (Lipinski definition) is 1. The van der Waals surface area contributed by atoms with Crippen molar-refractivity contribution < 1.29 is 14.6 Å². The quantitative estimate of drug-likeness (QED) is 0.833. The molecule has 1 aromatic rings. The Hall–Kier alpha value is -1.07. The fraction of sp³-hybridized carbons (Fsp3) is 0.500. The Kier molecular flexibility index (Phi) is 6.31. The van der Waals surface area contributed by atoms with Crippen LogP contribution < -0.4 is 4.74 Å². The predicted molar refractivity (Wildman–Crippen MR) is 78.6 cm³/mol. The lowest BCUT2D eigenvalue weighted by Gasteiger charge is -2.26. The smallest absolute Gasteiger partial charge is 0.303 e. The van der Waals surface area contributed by atoms with Gasteiger partial charge in [-0.05, 0) is 45.1 Å². The third-order valence-corrected chi connectivity index (χ3v) is 3.54. The van der Waals surface area contributed by atoms with Crippen LogP contribution in [0.2, 0.25) is 0 Å². The van der Waals surface area contributed by atoms with Crippen LogP contribution in [0.3, 0.4) is 0 Å². The molecular weight excluding hydrogens is 310 g/mol. The molecule has 0 radical (unpaired) electrons. The van der Waals surface area contributed by atoms with E-state index in [0.29, 0.717) is 6.42 Å². The number of ether oxygens (including phenoxy) is 1. The Morgan fingerprint density at radius 2 is 2.16 bits per heavy atom. The van der Waals surface area contributed by atoms with Crippen molar-refractivity contribution >= 4 is 21.9 Å². The number of aliphatic carboxylic acids is 1. The molecule has 4 nitrogen and oxygen atoms in total. The molecule has 1 atom stereocenters. The van der Waals surface area contributed by atoms with Gasteiger partial charge < -0.3 is 14.7 Å². The van der Waals surface area contributed by atoms with Gasteiger partial charge in [0.2, 0.25) is 0 Å². The Morgan fingerprint density at radius 3 is 2.68 bits per heavy atom. The van der Waals surface area contributed by atoms with E-state index in [1.54, 1.807) is 7.11 Å². The molecule has 0 saturated heterocycles. The molecule has 0 heterocycles. The van der Waals surface area contributed by atoms with Crippen molar-refractivity contribution in [2.75, 3.05) is 21.2 Å². The van der Waals surface area contributed by atoms with Gasteiger partial charge in [-0.2, -0.15) is 0 Å². The summed E-state index contributed by atoms with van der Waals surface area (Å²) in [6.07, 6.45) is 1.63. The van der Waals surface area contributed by atoms with E-state index in [0.717, 1.165) is 22.2 Å². The summed E-state index contributed by atoms with van der Waals surface area (Å²) < 4.78 is 6.39. The van der Waals surface area contributed by atoms with Gasteiger partial charge >= 0.3 is 5.97 Å². The summed E-state index contributed by atoms with van der Waals surface area (Å²) in [6, 6.07) is 6.04. The Morgan fingerprint density at radius 1 is 1.47 bits per heavy atom. The van der Waals surface area contributed by atoms with Crippen molar-refractivity contribution in [3.63, 3.8) is 0 Å². The van der Waals surface area contributed by atoms with E-state index in [4.69, 9.17) is 9.84 Å². The molecule has 0 aliphatic rings. The van der Waals surface area contributed by atoms with E-state index in [9.17, 15) is 4.79 Å². The Bertz CT molecular complexity index is 435. The number of carboxylic acids is 1. The highest BCUT2D eigenvalue weighted by molar-refractivity contribution is 9.10. The summed E-state index contributed by atoms with van der Waals surface area (Å²) in [5.41, 5.74) is 1.08. The molecule has 5 heteroatoms. The Labute approximate surface area is 122 Å². The lowest BCUT2D eigenvalue weighted by molar-refractivity contribution is -0.137. The molecule has 1 rings (SSSR count). The second kappa shape index (κ2) is 7.50. The average molecular weight is 330 g/mol. The highest BCUT2D eigenvalue weighted by Crippen LogP contribution is 2.33. The monoisotopic (exact) mass is 329 g/mol. The van der Waals surface area contributed by atoms with Crippen LogP contribution in [0.25, 0.3) is 0 Å². The van der Waals surface area contributed by atoms with Crippen LogP contribution in [0.4, 0.5) is 0 Å². The van der Waals surface area contributed by atoms with Gasteiger partial charge in [-0.25, -0.2) is 0 Å².